The Balaban J connectivity index is 1.89. The Morgan fingerprint density at radius 2 is 2.21 bits per heavy atom. The van der Waals surface area contributed by atoms with Crippen molar-refractivity contribution in [3.63, 3.8) is 0 Å². The van der Waals surface area contributed by atoms with Crippen LogP contribution in [-0.4, -0.2) is 35.9 Å². The van der Waals surface area contributed by atoms with E-state index in [0.717, 1.165) is 18.5 Å². The molecular weight excluding hydrogens is 244 g/mol. The first-order chi connectivity index (χ1) is 9.20. The Hall–Kier alpha value is -2.11. The molecule has 0 radical (unpaired) electrons. The summed E-state index contributed by atoms with van der Waals surface area (Å²) in [5, 5.41) is 8.50. The van der Waals surface area contributed by atoms with Gasteiger partial charge in [-0.25, -0.2) is 0 Å². The quantitative estimate of drug-likeness (QED) is 0.698. The molecule has 6 nitrogen and oxygen atoms in total. The molecule has 0 aliphatic heterocycles. The van der Waals surface area contributed by atoms with E-state index in [2.05, 4.69) is 20.9 Å². The Morgan fingerprint density at radius 3 is 2.89 bits per heavy atom. The Labute approximate surface area is 112 Å². The number of nitrogens with one attached hydrogen (secondary N) is 3. The van der Waals surface area contributed by atoms with Gasteiger partial charge in [0.15, 0.2) is 0 Å². The molecule has 0 bridgehead atoms. The number of aromatic nitrogens is 1. The maximum Gasteiger partial charge on any atom is 0.255 e. The Morgan fingerprint density at radius 1 is 1.42 bits per heavy atom. The molecule has 1 aliphatic carbocycles. The van der Waals surface area contributed by atoms with Crippen molar-refractivity contribution in [3.05, 3.63) is 24.0 Å². The SMILES string of the molecule is CCNc1ccncc1C(=O)NCC(=O)NC1CC1. The van der Waals surface area contributed by atoms with Crippen molar-refractivity contribution < 1.29 is 9.59 Å². The molecule has 1 fully saturated rings. The summed E-state index contributed by atoms with van der Waals surface area (Å²) in [5.41, 5.74) is 1.17. The summed E-state index contributed by atoms with van der Waals surface area (Å²) in [4.78, 5) is 27.4. The van der Waals surface area contributed by atoms with Crippen LogP contribution >= 0.6 is 0 Å². The standard InChI is InChI=1S/C13H18N4O2/c1-2-15-11-5-6-14-7-10(11)13(19)16-8-12(18)17-9-3-4-9/h5-7,9H,2-4,8H2,1H3,(H,14,15)(H,16,19)(H,17,18). The van der Waals surface area contributed by atoms with Crippen molar-refractivity contribution in [1.29, 1.82) is 0 Å². The summed E-state index contributed by atoms with van der Waals surface area (Å²) in [6.45, 7) is 2.66. The van der Waals surface area contributed by atoms with Crippen LogP contribution < -0.4 is 16.0 Å². The summed E-state index contributed by atoms with van der Waals surface area (Å²) in [7, 11) is 0. The van der Waals surface area contributed by atoms with Gasteiger partial charge < -0.3 is 16.0 Å². The van der Waals surface area contributed by atoms with Crippen LogP contribution in [0, 0.1) is 0 Å². The van der Waals surface area contributed by atoms with Crippen LogP contribution in [0.1, 0.15) is 30.1 Å². The third-order valence-corrected chi connectivity index (χ3v) is 2.78. The van der Waals surface area contributed by atoms with Crippen LogP contribution in [0.25, 0.3) is 0 Å². The number of carbonyl (C=O) groups excluding carboxylic acids is 2. The van der Waals surface area contributed by atoms with Gasteiger partial charge in [0, 0.05) is 25.0 Å². The molecule has 102 valence electrons. The van der Waals surface area contributed by atoms with Crippen molar-refractivity contribution in [3.8, 4) is 0 Å². The van der Waals surface area contributed by atoms with E-state index in [9.17, 15) is 9.59 Å². The number of hydrogen-bond acceptors (Lipinski definition) is 4. The first kappa shape index (κ1) is 13.3. The fraction of sp³-hybridized carbons (Fsp3) is 0.462. The van der Waals surface area contributed by atoms with Crippen molar-refractivity contribution in [2.24, 2.45) is 0 Å². The van der Waals surface area contributed by atoms with Crippen LogP contribution in [0.3, 0.4) is 0 Å². The summed E-state index contributed by atoms with van der Waals surface area (Å²) >= 11 is 0. The zero-order chi connectivity index (χ0) is 13.7. The monoisotopic (exact) mass is 262 g/mol. The molecule has 0 aromatic carbocycles. The van der Waals surface area contributed by atoms with Crippen molar-refractivity contribution in [2.45, 2.75) is 25.8 Å². The molecule has 1 saturated carbocycles. The van der Waals surface area contributed by atoms with Crippen LogP contribution in [0.4, 0.5) is 5.69 Å². The maximum atomic E-state index is 12.0. The molecule has 0 saturated heterocycles. The first-order valence-electron chi connectivity index (χ1n) is 6.46. The lowest BCUT2D eigenvalue weighted by Crippen LogP contribution is -2.38. The minimum Gasteiger partial charge on any atom is -0.385 e. The highest BCUT2D eigenvalue weighted by Crippen LogP contribution is 2.18. The number of anilines is 1. The van der Waals surface area contributed by atoms with Gasteiger partial charge in [-0.3, -0.25) is 14.6 Å². The van der Waals surface area contributed by atoms with E-state index in [4.69, 9.17) is 0 Å². The minimum atomic E-state index is -0.296. The fourth-order valence-electron chi connectivity index (χ4n) is 1.68. The van der Waals surface area contributed by atoms with Gasteiger partial charge in [0.1, 0.15) is 0 Å². The highest BCUT2D eigenvalue weighted by molar-refractivity contribution is 6.00. The smallest absolute Gasteiger partial charge is 0.255 e. The number of rotatable bonds is 6. The molecule has 1 aliphatic rings. The van der Waals surface area contributed by atoms with E-state index in [-0.39, 0.29) is 18.4 Å². The number of amides is 2. The zero-order valence-corrected chi connectivity index (χ0v) is 10.9. The summed E-state index contributed by atoms with van der Waals surface area (Å²) in [6, 6.07) is 2.04. The van der Waals surface area contributed by atoms with Gasteiger partial charge in [0.05, 0.1) is 17.8 Å². The molecule has 1 heterocycles. The van der Waals surface area contributed by atoms with Gasteiger partial charge in [-0.05, 0) is 25.8 Å². The number of hydrogen-bond donors (Lipinski definition) is 3. The fourth-order valence-corrected chi connectivity index (χ4v) is 1.68. The second kappa shape index (κ2) is 6.17. The van der Waals surface area contributed by atoms with E-state index < -0.39 is 0 Å². The molecule has 19 heavy (non-hydrogen) atoms. The normalized spacial score (nSPS) is 13.7. The molecule has 6 heteroatoms. The van der Waals surface area contributed by atoms with Gasteiger partial charge in [0.2, 0.25) is 5.91 Å². The molecule has 0 atom stereocenters. The third kappa shape index (κ3) is 3.94. The van der Waals surface area contributed by atoms with Gasteiger partial charge in [-0.15, -0.1) is 0 Å². The van der Waals surface area contributed by atoms with E-state index in [1.165, 1.54) is 6.20 Å². The lowest BCUT2D eigenvalue weighted by atomic mass is 10.2. The molecule has 2 amide bonds. The molecule has 1 aromatic rings. The lowest BCUT2D eigenvalue weighted by molar-refractivity contribution is -0.120. The molecular formula is C13H18N4O2. The highest BCUT2D eigenvalue weighted by atomic mass is 16.2. The Bertz CT molecular complexity index is 471. The van der Waals surface area contributed by atoms with E-state index in [1.54, 1.807) is 12.3 Å². The average molecular weight is 262 g/mol. The predicted molar refractivity (Wildman–Crippen MR) is 71.9 cm³/mol. The molecule has 3 N–H and O–H groups in total. The second-order valence-electron chi connectivity index (χ2n) is 4.48. The summed E-state index contributed by atoms with van der Waals surface area (Å²) < 4.78 is 0. The first-order valence-corrected chi connectivity index (χ1v) is 6.46. The van der Waals surface area contributed by atoms with Gasteiger partial charge in [-0.1, -0.05) is 0 Å². The van der Waals surface area contributed by atoms with Crippen LogP contribution in [0.2, 0.25) is 0 Å². The topological polar surface area (TPSA) is 83.1 Å². The van der Waals surface area contributed by atoms with Crippen molar-refractivity contribution in [2.75, 3.05) is 18.4 Å². The largest absolute Gasteiger partial charge is 0.385 e. The minimum absolute atomic E-state index is 0.00417. The van der Waals surface area contributed by atoms with E-state index >= 15 is 0 Å². The van der Waals surface area contributed by atoms with E-state index in [0.29, 0.717) is 18.2 Å². The predicted octanol–water partition coefficient (Wildman–Crippen LogP) is 0.522. The molecule has 0 spiro atoms. The summed E-state index contributed by atoms with van der Waals surface area (Å²) in [5.74, 6) is -0.445. The average Bonchev–Trinajstić information content (AvgIpc) is 3.21. The van der Waals surface area contributed by atoms with Crippen LogP contribution in [0.15, 0.2) is 18.5 Å². The van der Waals surface area contributed by atoms with Gasteiger partial charge >= 0.3 is 0 Å². The summed E-state index contributed by atoms with van der Waals surface area (Å²) in [6.07, 6.45) is 5.18. The molecule has 1 aromatic heterocycles. The zero-order valence-electron chi connectivity index (χ0n) is 10.9. The Kier molecular flexibility index (Phi) is 4.33. The maximum absolute atomic E-state index is 12.0. The van der Waals surface area contributed by atoms with Crippen LogP contribution in [0.5, 0.6) is 0 Å². The number of carbonyl (C=O) groups is 2. The second-order valence-corrected chi connectivity index (χ2v) is 4.48. The highest BCUT2D eigenvalue weighted by Gasteiger charge is 2.23. The van der Waals surface area contributed by atoms with Crippen molar-refractivity contribution in [1.82, 2.24) is 15.6 Å². The van der Waals surface area contributed by atoms with Gasteiger partial charge in [0.25, 0.3) is 5.91 Å². The molecule has 2 rings (SSSR count). The number of pyridine rings is 1. The van der Waals surface area contributed by atoms with E-state index in [1.807, 2.05) is 6.92 Å². The lowest BCUT2D eigenvalue weighted by Gasteiger charge is -2.10. The van der Waals surface area contributed by atoms with Gasteiger partial charge in [-0.2, -0.15) is 0 Å². The van der Waals surface area contributed by atoms with Crippen LogP contribution in [-0.2, 0) is 4.79 Å². The van der Waals surface area contributed by atoms with Crippen molar-refractivity contribution >= 4 is 17.5 Å². The molecule has 0 unspecified atom stereocenters. The third-order valence-electron chi connectivity index (χ3n) is 2.78. The number of nitrogens with zero attached hydrogens (tertiary/aromatic N) is 1.